The van der Waals surface area contributed by atoms with E-state index in [-0.39, 0.29) is 30.1 Å². The molecule has 3 aliphatic carbocycles. The minimum atomic E-state index is -0.132. The highest BCUT2D eigenvalue weighted by molar-refractivity contribution is 9.10. The number of anilines is 1. The Morgan fingerprint density at radius 3 is 2.62 bits per heavy atom. The number of carbonyl (C=O) groups excluding carboxylic acids is 1. The summed E-state index contributed by atoms with van der Waals surface area (Å²) in [6.45, 7) is 10.5. The highest BCUT2D eigenvalue weighted by Gasteiger charge is 2.56. The van der Waals surface area contributed by atoms with Gasteiger partial charge in [-0.25, -0.2) is 15.0 Å². The third-order valence-electron chi connectivity index (χ3n) is 10.7. The van der Waals surface area contributed by atoms with E-state index in [4.69, 9.17) is 9.98 Å². The van der Waals surface area contributed by atoms with Gasteiger partial charge in [0, 0.05) is 41.7 Å². The number of hydrogen-bond donors (Lipinski definition) is 2. The van der Waals surface area contributed by atoms with Crippen molar-refractivity contribution in [3.05, 3.63) is 81.4 Å². The van der Waals surface area contributed by atoms with Gasteiger partial charge in [-0.2, -0.15) is 0 Å². The minimum Gasteiger partial charge on any atom is -0.350 e. The molecule has 2 aromatic carbocycles. The average Bonchev–Trinajstić information content (AvgIpc) is 3.05. The van der Waals surface area contributed by atoms with E-state index in [1.54, 1.807) is 23.2 Å². The molecule has 2 bridgehead atoms. The SMILES string of the molecule is C[C@@H]1C(N=C(Nc2ccc3c(=O)n(CCc4ccc(Br)cc4)c(-c4cnccn4)nc3c2)N2CC(=O)N[C@@H](C)C2)C[C@@H]2C[C@H]1C2(C)C. The van der Waals surface area contributed by atoms with E-state index in [0.29, 0.717) is 71.1 Å². The monoisotopic (exact) mass is 696 g/mol. The molecule has 11 heteroatoms. The molecule has 0 radical (unpaired) electrons. The highest BCUT2D eigenvalue weighted by atomic mass is 79.9. The molecular weight excluding hydrogens is 656 g/mol. The second-order valence-electron chi connectivity index (χ2n) is 14.0. The first-order valence-electron chi connectivity index (χ1n) is 16.5. The number of guanidine groups is 1. The maximum atomic E-state index is 14.0. The molecule has 2 N–H and O–H groups in total. The molecule has 0 spiro atoms. The quantitative estimate of drug-likeness (QED) is 0.202. The molecule has 10 nitrogen and oxygen atoms in total. The number of aliphatic imine (C=N–C) groups is 1. The third kappa shape index (κ3) is 6.17. The molecule has 5 atom stereocenters. The van der Waals surface area contributed by atoms with Crippen LogP contribution in [0.25, 0.3) is 22.4 Å². The van der Waals surface area contributed by atoms with Gasteiger partial charge in [0.25, 0.3) is 5.56 Å². The number of hydrogen-bond acceptors (Lipinski definition) is 6. The number of halogens is 1. The van der Waals surface area contributed by atoms with Crippen molar-refractivity contribution >= 4 is 44.4 Å². The van der Waals surface area contributed by atoms with E-state index in [9.17, 15) is 9.59 Å². The third-order valence-corrected chi connectivity index (χ3v) is 11.2. The van der Waals surface area contributed by atoms with E-state index >= 15 is 0 Å². The van der Waals surface area contributed by atoms with Crippen LogP contribution in [0.3, 0.4) is 0 Å². The molecule has 244 valence electrons. The number of amides is 1. The predicted molar refractivity (Wildman–Crippen MR) is 188 cm³/mol. The molecule has 8 rings (SSSR count). The van der Waals surface area contributed by atoms with Crippen LogP contribution in [0.15, 0.2) is 75.3 Å². The number of aryl methyl sites for hydroxylation is 1. The number of fused-ring (bicyclic) bond motifs is 3. The molecule has 3 saturated carbocycles. The Balaban J connectivity index is 1.24. The van der Waals surface area contributed by atoms with Gasteiger partial charge in [0.15, 0.2) is 11.8 Å². The first-order valence-corrected chi connectivity index (χ1v) is 17.3. The van der Waals surface area contributed by atoms with Gasteiger partial charge < -0.3 is 15.5 Å². The van der Waals surface area contributed by atoms with Crippen LogP contribution in [0.1, 0.15) is 46.1 Å². The molecule has 1 aliphatic heterocycles. The van der Waals surface area contributed by atoms with Crippen LogP contribution in [0.2, 0.25) is 0 Å². The van der Waals surface area contributed by atoms with Crippen molar-refractivity contribution < 1.29 is 4.79 Å². The lowest BCUT2D eigenvalue weighted by molar-refractivity contribution is -0.124. The molecule has 47 heavy (non-hydrogen) atoms. The van der Waals surface area contributed by atoms with Gasteiger partial charge in [-0.1, -0.05) is 48.8 Å². The summed E-state index contributed by atoms with van der Waals surface area (Å²) in [5.41, 5.74) is 3.18. The van der Waals surface area contributed by atoms with Crippen molar-refractivity contribution in [3.63, 3.8) is 0 Å². The number of nitrogens with one attached hydrogen (secondary N) is 2. The summed E-state index contributed by atoms with van der Waals surface area (Å²) < 4.78 is 2.70. The number of nitrogens with zero attached hydrogens (tertiary/aromatic N) is 6. The standard InChI is InChI=1S/C36H41BrN8O2/c1-21-19-44(20-32(46)40-21)35(43-29-16-24-15-28(22(29)2)36(24,3)4)41-26-9-10-27-30(17-26)42-33(31-18-38-12-13-39-31)45(34(27)47)14-11-23-5-7-25(37)8-6-23/h5-10,12-13,17-18,21-22,24,28-29H,11,14-16,19-20H2,1-4H3,(H,40,46)(H,41,43)/t21-,22-,24-,28+,29?/m0/s1. The summed E-state index contributed by atoms with van der Waals surface area (Å²) in [4.78, 5) is 47.7. The summed E-state index contributed by atoms with van der Waals surface area (Å²) >= 11 is 3.49. The van der Waals surface area contributed by atoms with Gasteiger partial charge in [-0.3, -0.25) is 19.1 Å². The lowest BCUT2D eigenvalue weighted by Crippen LogP contribution is -2.58. The zero-order valence-electron chi connectivity index (χ0n) is 27.3. The molecule has 1 unspecified atom stereocenters. The lowest BCUT2D eigenvalue weighted by atomic mass is 9.45. The zero-order chi connectivity index (χ0) is 32.9. The first kappa shape index (κ1) is 31.5. The van der Waals surface area contributed by atoms with Crippen molar-refractivity contribution in [3.8, 4) is 11.5 Å². The molecule has 3 heterocycles. The van der Waals surface area contributed by atoms with Crippen LogP contribution in [-0.2, 0) is 17.8 Å². The van der Waals surface area contributed by atoms with Crippen LogP contribution in [0, 0.1) is 23.2 Å². The van der Waals surface area contributed by atoms with Gasteiger partial charge >= 0.3 is 0 Å². The maximum absolute atomic E-state index is 14.0. The molecule has 2 aromatic heterocycles. The van der Waals surface area contributed by atoms with E-state index in [2.05, 4.69) is 57.3 Å². The topological polar surface area (TPSA) is 117 Å². The van der Waals surface area contributed by atoms with Crippen molar-refractivity contribution in [2.75, 3.05) is 18.4 Å². The largest absolute Gasteiger partial charge is 0.350 e. The summed E-state index contributed by atoms with van der Waals surface area (Å²) in [5, 5.41) is 7.10. The summed E-state index contributed by atoms with van der Waals surface area (Å²) in [6.07, 6.45) is 7.84. The second-order valence-corrected chi connectivity index (χ2v) is 15.0. The molecule has 1 saturated heterocycles. The molecule has 1 amide bonds. The van der Waals surface area contributed by atoms with E-state index in [0.717, 1.165) is 22.1 Å². The fourth-order valence-electron chi connectivity index (χ4n) is 7.88. The number of piperazine rings is 1. The van der Waals surface area contributed by atoms with Crippen molar-refractivity contribution in [1.29, 1.82) is 0 Å². The van der Waals surface area contributed by atoms with Gasteiger partial charge in [-0.05, 0) is 85.3 Å². The Hall–Kier alpha value is -4.12. The summed E-state index contributed by atoms with van der Waals surface area (Å²) in [5.74, 6) is 2.91. The Morgan fingerprint density at radius 2 is 1.91 bits per heavy atom. The number of benzene rings is 2. The van der Waals surface area contributed by atoms with Gasteiger partial charge in [0.2, 0.25) is 5.91 Å². The zero-order valence-corrected chi connectivity index (χ0v) is 28.9. The van der Waals surface area contributed by atoms with Gasteiger partial charge in [0.1, 0.15) is 5.69 Å². The van der Waals surface area contributed by atoms with Crippen molar-refractivity contribution in [2.24, 2.45) is 28.2 Å². The highest BCUT2D eigenvalue weighted by Crippen LogP contribution is 2.61. The molecule has 4 aliphatic rings. The van der Waals surface area contributed by atoms with Crippen LogP contribution in [0.5, 0.6) is 0 Å². The van der Waals surface area contributed by atoms with Crippen LogP contribution >= 0.6 is 15.9 Å². The minimum absolute atomic E-state index is 0.00283. The van der Waals surface area contributed by atoms with Crippen molar-refractivity contribution in [2.45, 2.75) is 65.6 Å². The van der Waals surface area contributed by atoms with E-state index in [1.807, 2.05) is 54.3 Å². The van der Waals surface area contributed by atoms with Gasteiger partial charge in [0.05, 0.1) is 29.7 Å². The lowest BCUT2D eigenvalue weighted by Gasteiger charge is -2.61. The predicted octanol–water partition coefficient (Wildman–Crippen LogP) is 5.52. The Morgan fingerprint density at radius 1 is 1.11 bits per heavy atom. The first-order chi connectivity index (χ1) is 22.6. The second kappa shape index (κ2) is 12.5. The summed E-state index contributed by atoms with van der Waals surface area (Å²) in [6, 6.07) is 13.9. The van der Waals surface area contributed by atoms with Crippen LogP contribution < -0.4 is 16.2 Å². The maximum Gasteiger partial charge on any atom is 0.261 e. The molecular formula is C36H41BrN8O2. The fourth-order valence-corrected chi connectivity index (χ4v) is 8.14. The number of rotatable bonds is 6. The number of carbonyl (C=O) groups is 1. The van der Waals surface area contributed by atoms with Crippen LogP contribution in [0.4, 0.5) is 5.69 Å². The normalized spacial score (nSPS) is 25.3. The Bertz CT molecular complexity index is 1890. The van der Waals surface area contributed by atoms with Crippen LogP contribution in [-0.4, -0.2) is 61.5 Å². The van der Waals surface area contributed by atoms with Crippen molar-refractivity contribution in [1.82, 2.24) is 29.7 Å². The summed E-state index contributed by atoms with van der Waals surface area (Å²) in [7, 11) is 0. The fraction of sp³-hybridized carbons (Fsp3) is 0.444. The molecule has 4 aromatic rings. The van der Waals surface area contributed by atoms with E-state index < -0.39 is 0 Å². The number of aromatic nitrogens is 4. The Labute approximate surface area is 283 Å². The average molecular weight is 698 g/mol. The Kier molecular flexibility index (Phi) is 8.36. The molecule has 4 fully saturated rings. The smallest absolute Gasteiger partial charge is 0.261 e. The van der Waals surface area contributed by atoms with E-state index in [1.165, 1.54) is 6.42 Å². The van der Waals surface area contributed by atoms with Gasteiger partial charge in [-0.15, -0.1) is 0 Å².